The summed E-state index contributed by atoms with van der Waals surface area (Å²) in [6, 6.07) is 6.27. The molecule has 40 heavy (non-hydrogen) atoms. The van der Waals surface area contributed by atoms with Crippen LogP contribution in [0.5, 0.6) is 6.01 Å². The van der Waals surface area contributed by atoms with Gasteiger partial charge in [-0.1, -0.05) is 17.2 Å². The van der Waals surface area contributed by atoms with Crippen LogP contribution in [-0.2, 0) is 28.4 Å². The third-order valence-electron chi connectivity index (χ3n) is 6.15. The number of halogens is 7. The van der Waals surface area contributed by atoms with Gasteiger partial charge in [0.15, 0.2) is 6.29 Å². The van der Waals surface area contributed by atoms with Crippen molar-refractivity contribution < 1.29 is 44.9 Å². The van der Waals surface area contributed by atoms with Crippen LogP contribution in [0.3, 0.4) is 0 Å². The van der Waals surface area contributed by atoms with Gasteiger partial charge in [0, 0.05) is 6.54 Å². The molecule has 1 aliphatic rings. The van der Waals surface area contributed by atoms with Gasteiger partial charge in [0.2, 0.25) is 0 Å². The molecule has 1 saturated heterocycles. The number of ether oxygens (including phenoxy) is 3. The molecule has 3 atom stereocenters. The number of benzene rings is 2. The van der Waals surface area contributed by atoms with Crippen LogP contribution in [0.1, 0.15) is 61.0 Å². The largest absolute Gasteiger partial charge is 0.461 e. The lowest BCUT2D eigenvalue weighted by Crippen LogP contribution is -2.46. The van der Waals surface area contributed by atoms with Crippen molar-refractivity contribution in [2.45, 2.75) is 64.2 Å². The van der Waals surface area contributed by atoms with Gasteiger partial charge in [0.1, 0.15) is 11.6 Å². The van der Waals surface area contributed by atoms with E-state index in [0.717, 1.165) is 0 Å². The number of hydrogen-bond acceptors (Lipinski definition) is 6. The average Bonchev–Trinajstić information content (AvgIpc) is 3.29. The lowest BCUT2D eigenvalue weighted by molar-refractivity contribution is -0.231. The minimum absolute atomic E-state index is 0.0606. The number of rotatable bonds is 8. The van der Waals surface area contributed by atoms with E-state index >= 15 is 0 Å². The Bertz CT molecular complexity index is 1250. The highest BCUT2D eigenvalue weighted by Gasteiger charge is 2.39. The average molecular weight is 577 g/mol. The van der Waals surface area contributed by atoms with Crippen LogP contribution in [0.2, 0.25) is 0 Å². The molecule has 0 radical (unpaired) electrons. The Labute approximate surface area is 225 Å². The summed E-state index contributed by atoms with van der Waals surface area (Å²) in [5.74, 6) is -0.0589. The predicted octanol–water partition coefficient (Wildman–Crippen LogP) is 6.45. The van der Waals surface area contributed by atoms with Gasteiger partial charge in [-0.25, -0.2) is 4.39 Å². The van der Waals surface area contributed by atoms with Crippen LogP contribution in [0, 0.1) is 5.82 Å². The highest BCUT2D eigenvalue weighted by atomic mass is 19.4. The fourth-order valence-electron chi connectivity index (χ4n) is 4.32. The second kappa shape index (κ2) is 11.7. The minimum atomic E-state index is -5.00. The van der Waals surface area contributed by atoms with Gasteiger partial charge in [-0.05, 0) is 62.2 Å². The van der Waals surface area contributed by atoms with E-state index in [1.54, 1.807) is 0 Å². The van der Waals surface area contributed by atoms with Crippen LogP contribution in [-0.4, -0.2) is 45.6 Å². The number of H-pyrrole nitrogens is 1. The molecule has 1 aliphatic heterocycles. The van der Waals surface area contributed by atoms with Crippen LogP contribution in [0.4, 0.5) is 30.7 Å². The molecular formula is C26H27F7N4O3. The van der Waals surface area contributed by atoms with Crippen LogP contribution >= 0.6 is 0 Å². The number of aromatic amines is 1. The van der Waals surface area contributed by atoms with Gasteiger partial charge in [-0.3, -0.25) is 9.88 Å². The molecule has 0 amide bonds. The Balaban J connectivity index is 1.64. The quantitative estimate of drug-likeness (QED) is 0.311. The van der Waals surface area contributed by atoms with Gasteiger partial charge in [-0.15, -0.1) is 5.10 Å². The number of nitrogens with one attached hydrogen (secondary N) is 1. The van der Waals surface area contributed by atoms with E-state index in [1.807, 2.05) is 18.7 Å². The standard InChI is InChI=1S/C26H27F7N4O3/c1-14(2)39-24-34-21(35-36-24)13-37-8-9-38-23(22(37)16-4-6-20(27)7-5-16)40-15(3)17-10-18(25(28,29)30)12-19(11-17)26(31,32)33/h4-7,10-12,14-15,22-23H,8-9,13H2,1-3H3,(H,34,35,36). The first kappa shape index (κ1) is 29.7. The predicted molar refractivity (Wildman–Crippen MR) is 127 cm³/mol. The number of morpholine rings is 1. The molecule has 0 saturated carbocycles. The summed E-state index contributed by atoms with van der Waals surface area (Å²) in [5, 5.41) is 8.02. The summed E-state index contributed by atoms with van der Waals surface area (Å²) in [4.78, 5) is 4.83. The molecule has 7 nitrogen and oxygen atoms in total. The van der Waals surface area contributed by atoms with Crippen molar-refractivity contribution in [3.05, 3.63) is 76.4 Å². The zero-order valence-corrected chi connectivity index (χ0v) is 21.7. The van der Waals surface area contributed by atoms with Crippen molar-refractivity contribution in [1.29, 1.82) is 0 Å². The number of aromatic nitrogens is 3. The van der Waals surface area contributed by atoms with E-state index in [2.05, 4.69) is 15.2 Å². The van der Waals surface area contributed by atoms with Crippen LogP contribution < -0.4 is 4.74 Å². The maximum Gasteiger partial charge on any atom is 0.416 e. The third kappa shape index (κ3) is 7.29. The second-order valence-corrected chi connectivity index (χ2v) is 9.57. The van der Waals surface area contributed by atoms with Crippen LogP contribution in [0.15, 0.2) is 42.5 Å². The zero-order chi connectivity index (χ0) is 29.2. The number of alkyl halides is 6. The van der Waals surface area contributed by atoms with Crippen molar-refractivity contribution >= 4 is 0 Å². The van der Waals surface area contributed by atoms with Crippen molar-refractivity contribution in [3.8, 4) is 6.01 Å². The molecule has 1 aromatic heterocycles. The van der Waals surface area contributed by atoms with Crippen molar-refractivity contribution in [2.75, 3.05) is 13.2 Å². The fraction of sp³-hybridized carbons (Fsp3) is 0.462. The smallest absolute Gasteiger partial charge is 0.416 e. The van der Waals surface area contributed by atoms with Gasteiger partial charge >= 0.3 is 18.4 Å². The topological polar surface area (TPSA) is 72.5 Å². The van der Waals surface area contributed by atoms with Crippen molar-refractivity contribution in [1.82, 2.24) is 20.1 Å². The van der Waals surface area contributed by atoms with Gasteiger partial charge in [0.25, 0.3) is 0 Å². The summed E-state index contributed by atoms with van der Waals surface area (Å²) >= 11 is 0. The molecule has 1 fully saturated rings. The molecule has 3 unspecified atom stereocenters. The van der Waals surface area contributed by atoms with Crippen molar-refractivity contribution in [3.63, 3.8) is 0 Å². The summed E-state index contributed by atoms with van der Waals surface area (Å²) in [7, 11) is 0. The molecule has 218 valence electrons. The van der Waals surface area contributed by atoms with E-state index in [9.17, 15) is 30.7 Å². The molecule has 2 aromatic carbocycles. The Morgan fingerprint density at radius 2 is 1.60 bits per heavy atom. The lowest BCUT2D eigenvalue weighted by Gasteiger charge is -2.41. The number of nitrogens with zero attached hydrogens (tertiary/aromatic N) is 3. The molecule has 14 heteroatoms. The molecule has 4 rings (SSSR count). The fourth-order valence-corrected chi connectivity index (χ4v) is 4.32. The number of hydrogen-bond donors (Lipinski definition) is 1. The molecule has 3 aromatic rings. The third-order valence-corrected chi connectivity index (χ3v) is 6.15. The first-order valence-corrected chi connectivity index (χ1v) is 12.3. The maximum atomic E-state index is 13.7. The summed E-state index contributed by atoms with van der Waals surface area (Å²) in [5.41, 5.74) is -2.67. The Morgan fingerprint density at radius 1 is 0.975 bits per heavy atom. The normalized spacial score (nSPS) is 19.7. The summed E-state index contributed by atoms with van der Waals surface area (Å²) < 4.78 is 111. The van der Waals surface area contributed by atoms with Gasteiger partial charge < -0.3 is 14.2 Å². The Morgan fingerprint density at radius 3 is 2.17 bits per heavy atom. The molecular weight excluding hydrogens is 549 g/mol. The molecule has 1 N–H and O–H groups in total. The second-order valence-electron chi connectivity index (χ2n) is 9.57. The SMILES string of the molecule is CC(C)Oc1nnc(CN2CCOC(OC(C)c3cc(C(F)(F)F)cc(C(F)(F)F)c3)C2c2ccc(F)cc2)[nH]1. The molecule has 0 aliphatic carbocycles. The van der Waals surface area contributed by atoms with E-state index in [0.29, 0.717) is 30.1 Å². The Hall–Kier alpha value is -3.23. The van der Waals surface area contributed by atoms with E-state index in [1.165, 1.54) is 31.2 Å². The first-order chi connectivity index (χ1) is 18.7. The zero-order valence-electron chi connectivity index (χ0n) is 21.7. The lowest BCUT2D eigenvalue weighted by atomic mass is 10.0. The summed E-state index contributed by atoms with van der Waals surface area (Å²) in [6.45, 7) is 5.66. The van der Waals surface area contributed by atoms with Gasteiger partial charge in [-0.2, -0.15) is 26.3 Å². The maximum absolute atomic E-state index is 13.7. The highest BCUT2D eigenvalue weighted by molar-refractivity contribution is 5.34. The van der Waals surface area contributed by atoms with E-state index in [4.69, 9.17) is 14.2 Å². The molecule has 0 bridgehead atoms. The van der Waals surface area contributed by atoms with Crippen LogP contribution in [0.25, 0.3) is 0 Å². The van der Waals surface area contributed by atoms with E-state index in [-0.39, 0.29) is 36.9 Å². The van der Waals surface area contributed by atoms with Crippen molar-refractivity contribution in [2.24, 2.45) is 0 Å². The van der Waals surface area contributed by atoms with Gasteiger partial charge in [0.05, 0.1) is 42.5 Å². The first-order valence-electron chi connectivity index (χ1n) is 12.3. The van der Waals surface area contributed by atoms with E-state index < -0.39 is 47.7 Å². The Kier molecular flexibility index (Phi) is 8.71. The highest BCUT2D eigenvalue weighted by Crippen LogP contribution is 2.39. The molecule has 2 heterocycles. The monoisotopic (exact) mass is 576 g/mol. The minimum Gasteiger partial charge on any atom is -0.461 e. The molecule has 0 spiro atoms. The summed E-state index contributed by atoms with van der Waals surface area (Å²) in [6.07, 6.45) is -12.5.